The number of hydrogen-bond acceptors (Lipinski definition) is 6. The first-order valence-corrected chi connectivity index (χ1v) is 9.49. The molecule has 164 valence electrons. The molecule has 0 saturated heterocycles. The lowest BCUT2D eigenvalue weighted by molar-refractivity contribution is -0.173. The van der Waals surface area contributed by atoms with E-state index in [1.165, 1.54) is 27.5 Å². The molecule has 1 N–H and O–H groups in total. The highest BCUT2D eigenvalue weighted by Gasteiger charge is 2.46. The van der Waals surface area contributed by atoms with Crippen molar-refractivity contribution >= 4 is 5.82 Å². The summed E-state index contributed by atoms with van der Waals surface area (Å²) >= 11 is 0. The van der Waals surface area contributed by atoms with Gasteiger partial charge in [-0.25, -0.2) is 9.67 Å². The van der Waals surface area contributed by atoms with Gasteiger partial charge in [-0.15, -0.1) is 0 Å². The first kappa shape index (κ1) is 20.8. The van der Waals surface area contributed by atoms with Gasteiger partial charge < -0.3 is 19.5 Å². The largest absolute Gasteiger partial charge is 0.493 e. The quantitative estimate of drug-likeness (QED) is 0.631. The van der Waals surface area contributed by atoms with Gasteiger partial charge >= 0.3 is 6.18 Å². The van der Waals surface area contributed by atoms with Gasteiger partial charge in [-0.1, -0.05) is 6.07 Å². The van der Waals surface area contributed by atoms with Crippen molar-refractivity contribution < 1.29 is 27.4 Å². The molecule has 2 aromatic heterocycles. The molecule has 0 radical (unpaired) electrons. The lowest BCUT2D eigenvalue weighted by atomic mass is 9.96. The second-order valence-corrected chi connectivity index (χ2v) is 7.05. The zero-order chi connectivity index (χ0) is 22.2. The molecule has 10 heteroatoms. The Balaban J connectivity index is 1.74. The van der Waals surface area contributed by atoms with Crippen molar-refractivity contribution in [3.63, 3.8) is 0 Å². The van der Waals surface area contributed by atoms with Gasteiger partial charge in [-0.05, 0) is 23.8 Å². The van der Waals surface area contributed by atoms with Crippen molar-refractivity contribution in [1.82, 2.24) is 14.8 Å². The molecule has 3 heterocycles. The van der Waals surface area contributed by atoms with Crippen LogP contribution in [0.2, 0.25) is 0 Å². The fourth-order valence-electron chi connectivity index (χ4n) is 3.68. The Morgan fingerprint density at radius 3 is 2.45 bits per heavy atom. The van der Waals surface area contributed by atoms with Gasteiger partial charge in [0.1, 0.15) is 5.82 Å². The van der Waals surface area contributed by atoms with Crippen LogP contribution in [0.3, 0.4) is 0 Å². The maximum Gasteiger partial charge on any atom is 0.410 e. The Hall–Kier alpha value is -3.43. The number of ether oxygens (including phenoxy) is 3. The maximum absolute atomic E-state index is 13.9. The van der Waals surface area contributed by atoms with E-state index < -0.39 is 18.3 Å². The summed E-state index contributed by atoms with van der Waals surface area (Å²) in [4.78, 5) is 4.03. The molecule has 4 rings (SSSR count). The van der Waals surface area contributed by atoms with E-state index in [1.54, 1.807) is 36.4 Å². The van der Waals surface area contributed by atoms with Crippen molar-refractivity contribution in [1.29, 1.82) is 0 Å². The number of alkyl halides is 3. The van der Waals surface area contributed by atoms with Crippen LogP contribution in [0.1, 0.15) is 24.1 Å². The minimum Gasteiger partial charge on any atom is -0.493 e. The Bertz CT molecular complexity index is 1080. The van der Waals surface area contributed by atoms with Gasteiger partial charge in [0, 0.05) is 30.3 Å². The Morgan fingerprint density at radius 1 is 1.00 bits per heavy atom. The van der Waals surface area contributed by atoms with Gasteiger partial charge in [0.05, 0.1) is 33.1 Å². The van der Waals surface area contributed by atoms with Gasteiger partial charge in [-0.2, -0.15) is 18.3 Å². The molecular formula is C21H21F3N4O3. The van der Waals surface area contributed by atoms with E-state index in [-0.39, 0.29) is 12.2 Å². The van der Waals surface area contributed by atoms with E-state index in [9.17, 15) is 13.2 Å². The highest BCUT2D eigenvalue weighted by Crippen LogP contribution is 2.45. The van der Waals surface area contributed by atoms with Crippen LogP contribution in [0.25, 0.3) is 11.3 Å². The summed E-state index contributed by atoms with van der Waals surface area (Å²) in [5.41, 5.74) is 1.66. The standard InChI is InChI=1S/C21H21F3N4O3/c1-29-16-5-4-12(8-17(16)30-2)14-10-18(21(22,23)24)28-19(26-14)11-15(27-28)13-6-7-25-20(9-13)31-3/h4-9,11,14,18,26H,10H2,1-3H3. The number of rotatable bonds is 5. The average molecular weight is 434 g/mol. The number of benzene rings is 1. The fourth-order valence-corrected chi connectivity index (χ4v) is 3.68. The highest BCUT2D eigenvalue weighted by atomic mass is 19.4. The van der Waals surface area contributed by atoms with E-state index in [0.717, 1.165) is 4.68 Å². The van der Waals surface area contributed by atoms with Gasteiger partial charge in [0.2, 0.25) is 5.88 Å². The normalized spacial score (nSPS) is 18.1. The maximum atomic E-state index is 13.9. The lowest BCUT2D eigenvalue weighted by Crippen LogP contribution is -2.35. The first-order valence-electron chi connectivity index (χ1n) is 9.49. The Kier molecular flexibility index (Phi) is 5.38. The number of pyridine rings is 1. The van der Waals surface area contributed by atoms with Crippen LogP contribution < -0.4 is 19.5 Å². The second-order valence-electron chi connectivity index (χ2n) is 7.05. The fraction of sp³-hybridized carbons (Fsp3) is 0.333. The molecule has 31 heavy (non-hydrogen) atoms. The smallest absolute Gasteiger partial charge is 0.410 e. The lowest BCUT2D eigenvalue weighted by Gasteiger charge is -2.33. The summed E-state index contributed by atoms with van der Waals surface area (Å²) in [5.74, 6) is 1.59. The van der Waals surface area contributed by atoms with Crippen LogP contribution in [0.5, 0.6) is 17.4 Å². The zero-order valence-corrected chi connectivity index (χ0v) is 17.1. The van der Waals surface area contributed by atoms with E-state index in [4.69, 9.17) is 14.2 Å². The zero-order valence-electron chi connectivity index (χ0n) is 17.1. The van der Waals surface area contributed by atoms with E-state index in [1.807, 2.05) is 0 Å². The predicted molar refractivity (Wildman–Crippen MR) is 108 cm³/mol. The Morgan fingerprint density at radius 2 is 1.77 bits per heavy atom. The van der Waals surface area contributed by atoms with Crippen LogP contribution in [-0.2, 0) is 0 Å². The molecule has 2 unspecified atom stereocenters. The molecule has 7 nitrogen and oxygen atoms in total. The monoisotopic (exact) mass is 434 g/mol. The third-order valence-electron chi connectivity index (χ3n) is 5.24. The van der Waals surface area contributed by atoms with E-state index in [2.05, 4.69) is 15.4 Å². The topological polar surface area (TPSA) is 70.4 Å². The molecule has 0 amide bonds. The molecule has 1 aromatic carbocycles. The summed E-state index contributed by atoms with van der Waals surface area (Å²) < 4.78 is 58.5. The van der Waals surface area contributed by atoms with E-state index >= 15 is 0 Å². The minimum atomic E-state index is -4.47. The summed E-state index contributed by atoms with van der Waals surface area (Å²) in [6, 6.07) is 7.63. The van der Waals surface area contributed by atoms with Crippen LogP contribution in [0.15, 0.2) is 42.6 Å². The summed E-state index contributed by atoms with van der Waals surface area (Å²) in [5, 5.41) is 7.42. The molecule has 0 saturated carbocycles. The molecule has 0 spiro atoms. The number of anilines is 1. The summed E-state index contributed by atoms with van der Waals surface area (Å²) in [6.45, 7) is 0. The number of hydrogen-bond donors (Lipinski definition) is 1. The highest BCUT2D eigenvalue weighted by molar-refractivity contribution is 5.64. The van der Waals surface area contributed by atoms with Crippen LogP contribution in [-0.4, -0.2) is 42.3 Å². The average Bonchev–Trinajstić information content (AvgIpc) is 3.21. The minimum absolute atomic E-state index is 0.216. The number of fused-ring (bicyclic) bond motifs is 1. The van der Waals surface area contributed by atoms with Crippen molar-refractivity contribution in [3.8, 4) is 28.6 Å². The number of halogens is 3. The second kappa shape index (κ2) is 8.01. The summed E-state index contributed by atoms with van der Waals surface area (Å²) in [6.07, 6.45) is -3.16. The van der Waals surface area contributed by atoms with Crippen molar-refractivity contribution in [2.75, 3.05) is 26.6 Å². The number of aromatic nitrogens is 3. The number of nitrogens with zero attached hydrogens (tertiary/aromatic N) is 3. The third-order valence-corrected chi connectivity index (χ3v) is 5.24. The number of methoxy groups -OCH3 is 3. The molecule has 0 aliphatic carbocycles. The Labute approximate surface area is 176 Å². The van der Waals surface area contributed by atoms with Crippen LogP contribution >= 0.6 is 0 Å². The van der Waals surface area contributed by atoms with Gasteiger partial charge in [0.25, 0.3) is 0 Å². The van der Waals surface area contributed by atoms with Crippen molar-refractivity contribution in [2.24, 2.45) is 0 Å². The van der Waals surface area contributed by atoms with E-state index in [0.29, 0.717) is 34.2 Å². The molecule has 0 fully saturated rings. The first-order chi connectivity index (χ1) is 14.8. The molecular weight excluding hydrogens is 413 g/mol. The predicted octanol–water partition coefficient (Wildman–Crippen LogP) is 4.63. The molecule has 2 atom stereocenters. The molecule has 0 bridgehead atoms. The van der Waals surface area contributed by atoms with Crippen molar-refractivity contribution in [2.45, 2.75) is 24.7 Å². The SMILES string of the molecule is COc1cc(-c2cc3n(n2)C(C(F)(F)F)CC(c2ccc(OC)c(OC)c2)N3)ccn1. The van der Waals surface area contributed by atoms with Crippen LogP contribution in [0.4, 0.5) is 19.0 Å². The van der Waals surface area contributed by atoms with Gasteiger partial charge in [0.15, 0.2) is 17.5 Å². The molecule has 1 aliphatic heterocycles. The molecule has 1 aliphatic rings. The van der Waals surface area contributed by atoms with Gasteiger partial charge in [-0.3, -0.25) is 0 Å². The van der Waals surface area contributed by atoms with Crippen molar-refractivity contribution in [3.05, 3.63) is 48.2 Å². The van der Waals surface area contributed by atoms with Crippen LogP contribution in [0, 0.1) is 0 Å². The summed E-state index contributed by atoms with van der Waals surface area (Å²) in [7, 11) is 4.46. The third kappa shape index (κ3) is 3.97. The number of nitrogens with one attached hydrogen (secondary N) is 1. The molecule has 3 aromatic rings.